The van der Waals surface area contributed by atoms with E-state index in [4.69, 9.17) is 0 Å². The number of nitrogens with zero attached hydrogens (tertiary/aromatic N) is 2. The molecule has 0 radical (unpaired) electrons. The van der Waals surface area contributed by atoms with E-state index in [0.717, 1.165) is 4.57 Å². The molecule has 3 nitrogen and oxygen atoms in total. The van der Waals surface area contributed by atoms with E-state index in [1.54, 1.807) is 0 Å². The summed E-state index contributed by atoms with van der Waals surface area (Å²) in [5.41, 5.74) is 1.21. The van der Waals surface area contributed by atoms with Crippen LogP contribution in [0, 0.1) is 0 Å². The second kappa shape index (κ2) is 2.98. The SMILES string of the molecule is Cn1c(C(F)(F)F)nc2c1CCNC2. The molecule has 2 rings (SSSR count). The van der Waals surface area contributed by atoms with Crippen molar-refractivity contribution in [2.24, 2.45) is 7.05 Å². The van der Waals surface area contributed by atoms with Gasteiger partial charge in [0.1, 0.15) is 0 Å². The minimum absolute atomic E-state index is 0.430. The molecule has 0 unspecified atom stereocenters. The lowest BCUT2D eigenvalue weighted by Crippen LogP contribution is -2.24. The smallest absolute Gasteiger partial charge is 0.327 e. The van der Waals surface area contributed by atoms with Crippen molar-refractivity contribution in [3.8, 4) is 0 Å². The van der Waals surface area contributed by atoms with Crippen LogP contribution >= 0.6 is 0 Å². The van der Waals surface area contributed by atoms with Crippen LogP contribution < -0.4 is 5.32 Å². The van der Waals surface area contributed by atoms with E-state index in [1.165, 1.54) is 7.05 Å². The molecule has 0 fully saturated rings. The molecule has 1 N–H and O–H groups in total. The average molecular weight is 205 g/mol. The summed E-state index contributed by atoms with van der Waals surface area (Å²) in [6, 6.07) is 0. The summed E-state index contributed by atoms with van der Waals surface area (Å²) in [7, 11) is 1.42. The van der Waals surface area contributed by atoms with Crippen molar-refractivity contribution in [2.45, 2.75) is 19.1 Å². The zero-order valence-corrected chi connectivity index (χ0v) is 7.65. The van der Waals surface area contributed by atoms with E-state index < -0.39 is 12.0 Å². The number of halogens is 3. The zero-order valence-electron chi connectivity index (χ0n) is 7.65. The molecular formula is C8H10F3N3. The Labute approximate surface area is 78.9 Å². The van der Waals surface area contributed by atoms with Gasteiger partial charge in [-0.2, -0.15) is 13.2 Å². The minimum atomic E-state index is -4.36. The van der Waals surface area contributed by atoms with Crippen LogP contribution in [0.4, 0.5) is 13.2 Å². The first-order valence-electron chi connectivity index (χ1n) is 4.32. The van der Waals surface area contributed by atoms with Crippen LogP contribution in [0.2, 0.25) is 0 Å². The number of hydrogen-bond acceptors (Lipinski definition) is 2. The van der Waals surface area contributed by atoms with E-state index in [9.17, 15) is 13.2 Å². The molecule has 78 valence electrons. The molecule has 1 aliphatic heterocycles. The highest BCUT2D eigenvalue weighted by atomic mass is 19.4. The monoisotopic (exact) mass is 205 g/mol. The number of fused-ring (bicyclic) bond motifs is 1. The Morgan fingerprint density at radius 2 is 2.14 bits per heavy atom. The Morgan fingerprint density at radius 1 is 1.43 bits per heavy atom. The van der Waals surface area contributed by atoms with Gasteiger partial charge in [0.25, 0.3) is 0 Å². The first-order valence-corrected chi connectivity index (χ1v) is 4.32. The summed E-state index contributed by atoms with van der Waals surface area (Å²) in [6.07, 6.45) is -3.75. The molecule has 0 saturated carbocycles. The highest BCUT2D eigenvalue weighted by molar-refractivity contribution is 5.21. The quantitative estimate of drug-likeness (QED) is 0.687. The summed E-state index contributed by atoms with van der Waals surface area (Å²) in [5, 5.41) is 2.99. The topological polar surface area (TPSA) is 29.9 Å². The van der Waals surface area contributed by atoms with Crippen LogP contribution in [0.15, 0.2) is 0 Å². The summed E-state index contributed by atoms with van der Waals surface area (Å²) < 4.78 is 38.4. The predicted octanol–water partition coefficient (Wildman–Crippen LogP) is 1.08. The number of hydrogen-bond donors (Lipinski definition) is 1. The van der Waals surface area contributed by atoms with Gasteiger partial charge in [-0.15, -0.1) is 0 Å². The molecule has 0 aliphatic carbocycles. The number of nitrogens with one attached hydrogen (secondary N) is 1. The largest absolute Gasteiger partial charge is 0.449 e. The fourth-order valence-corrected chi connectivity index (χ4v) is 1.71. The normalized spacial score (nSPS) is 16.9. The third kappa shape index (κ3) is 1.39. The van der Waals surface area contributed by atoms with Gasteiger partial charge in [-0.3, -0.25) is 0 Å². The summed E-state index contributed by atoms with van der Waals surface area (Å²) in [6.45, 7) is 1.14. The Balaban J connectivity index is 2.49. The highest BCUT2D eigenvalue weighted by Crippen LogP contribution is 2.30. The molecular weight excluding hydrogens is 195 g/mol. The molecule has 14 heavy (non-hydrogen) atoms. The second-order valence-electron chi connectivity index (χ2n) is 3.31. The van der Waals surface area contributed by atoms with Gasteiger partial charge in [0.15, 0.2) is 0 Å². The van der Waals surface area contributed by atoms with Crippen LogP contribution in [0.5, 0.6) is 0 Å². The van der Waals surface area contributed by atoms with Gasteiger partial charge < -0.3 is 9.88 Å². The molecule has 2 heterocycles. The number of aromatic nitrogens is 2. The highest BCUT2D eigenvalue weighted by Gasteiger charge is 2.38. The van der Waals surface area contributed by atoms with Crippen LogP contribution in [-0.2, 0) is 26.2 Å². The molecule has 1 aromatic rings. The lowest BCUT2D eigenvalue weighted by atomic mass is 10.2. The molecule has 0 amide bonds. The third-order valence-corrected chi connectivity index (χ3v) is 2.38. The van der Waals surface area contributed by atoms with Crippen LogP contribution in [0.1, 0.15) is 17.2 Å². The molecule has 6 heteroatoms. The lowest BCUT2D eigenvalue weighted by molar-refractivity contribution is -0.146. The van der Waals surface area contributed by atoms with Gasteiger partial charge in [-0.25, -0.2) is 4.98 Å². The van der Waals surface area contributed by atoms with E-state index in [2.05, 4.69) is 10.3 Å². The van der Waals surface area contributed by atoms with Crippen LogP contribution in [0.3, 0.4) is 0 Å². The van der Waals surface area contributed by atoms with Gasteiger partial charge in [0.2, 0.25) is 5.82 Å². The van der Waals surface area contributed by atoms with Gasteiger partial charge in [0.05, 0.1) is 5.69 Å². The standard InChI is InChI=1S/C8H10F3N3/c1-14-6-2-3-12-4-5(6)13-7(14)8(9,10)11/h12H,2-4H2,1H3. The van der Waals surface area contributed by atoms with Crippen molar-refractivity contribution in [3.05, 3.63) is 17.2 Å². The molecule has 0 spiro atoms. The lowest BCUT2D eigenvalue weighted by Gasteiger charge is -2.13. The predicted molar refractivity (Wildman–Crippen MR) is 43.6 cm³/mol. The van der Waals surface area contributed by atoms with Crippen molar-refractivity contribution in [1.82, 2.24) is 14.9 Å². The molecule has 1 aliphatic rings. The fraction of sp³-hybridized carbons (Fsp3) is 0.625. The van der Waals surface area contributed by atoms with Gasteiger partial charge in [-0.05, 0) is 0 Å². The van der Waals surface area contributed by atoms with Crippen molar-refractivity contribution in [2.75, 3.05) is 6.54 Å². The minimum Gasteiger partial charge on any atom is -0.327 e. The van der Waals surface area contributed by atoms with E-state index >= 15 is 0 Å². The zero-order chi connectivity index (χ0) is 10.3. The molecule has 1 aromatic heterocycles. The van der Waals surface area contributed by atoms with Crippen molar-refractivity contribution < 1.29 is 13.2 Å². The van der Waals surface area contributed by atoms with E-state index in [0.29, 0.717) is 30.9 Å². The Hall–Kier alpha value is -1.04. The van der Waals surface area contributed by atoms with Crippen molar-refractivity contribution in [1.29, 1.82) is 0 Å². The Morgan fingerprint density at radius 3 is 2.71 bits per heavy atom. The maximum atomic E-state index is 12.4. The van der Waals surface area contributed by atoms with Gasteiger partial charge in [-0.1, -0.05) is 0 Å². The van der Waals surface area contributed by atoms with Gasteiger partial charge >= 0.3 is 6.18 Å². The average Bonchev–Trinajstić information content (AvgIpc) is 2.44. The summed E-state index contributed by atoms with van der Waals surface area (Å²) >= 11 is 0. The van der Waals surface area contributed by atoms with E-state index in [-0.39, 0.29) is 0 Å². The van der Waals surface area contributed by atoms with Gasteiger partial charge in [0, 0.05) is 32.3 Å². The van der Waals surface area contributed by atoms with Crippen LogP contribution in [0.25, 0.3) is 0 Å². The Bertz CT molecular complexity index is 353. The molecule has 0 saturated heterocycles. The molecule has 0 atom stereocenters. The maximum Gasteiger partial charge on any atom is 0.449 e. The summed E-state index contributed by atoms with van der Waals surface area (Å²) in [5.74, 6) is -0.800. The molecule has 0 aromatic carbocycles. The second-order valence-corrected chi connectivity index (χ2v) is 3.31. The fourth-order valence-electron chi connectivity index (χ4n) is 1.71. The number of rotatable bonds is 0. The Kier molecular flexibility index (Phi) is 2.02. The maximum absolute atomic E-state index is 12.4. The van der Waals surface area contributed by atoms with Crippen LogP contribution in [-0.4, -0.2) is 16.1 Å². The first-order chi connectivity index (χ1) is 6.50. The van der Waals surface area contributed by atoms with Crippen molar-refractivity contribution in [3.63, 3.8) is 0 Å². The number of alkyl halides is 3. The first kappa shape index (κ1) is 9.51. The van der Waals surface area contributed by atoms with E-state index in [1.807, 2.05) is 0 Å². The summed E-state index contributed by atoms with van der Waals surface area (Å²) in [4.78, 5) is 3.60. The number of imidazole rings is 1. The molecule has 0 bridgehead atoms. The van der Waals surface area contributed by atoms with Crippen molar-refractivity contribution >= 4 is 0 Å². The third-order valence-electron chi connectivity index (χ3n) is 2.38.